The van der Waals surface area contributed by atoms with E-state index in [9.17, 15) is 0 Å². The van der Waals surface area contributed by atoms with Crippen LogP contribution in [0.25, 0.3) is 126 Å². The van der Waals surface area contributed by atoms with Gasteiger partial charge in [-0.05, 0) is 151 Å². The zero-order valence-electron chi connectivity index (χ0n) is 40.9. The number of rotatable bonds is 8. The summed E-state index contributed by atoms with van der Waals surface area (Å²) in [5.41, 5.74) is 17.7. The molecule has 0 atom stereocenters. The molecule has 0 saturated heterocycles. The molecule has 15 aromatic rings. The van der Waals surface area contributed by atoms with E-state index in [2.05, 4.69) is 289 Å². The van der Waals surface area contributed by atoms with Crippen molar-refractivity contribution in [2.24, 2.45) is 0 Å². The lowest BCUT2D eigenvalue weighted by Crippen LogP contribution is -2.11. The molecule has 0 amide bonds. The number of furan rings is 1. The average molecular weight is 955 g/mol. The van der Waals surface area contributed by atoms with Crippen molar-refractivity contribution in [3.8, 4) is 50.2 Å². The zero-order valence-corrected chi connectivity index (χ0v) is 40.9. The summed E-state index contributed by atoms with van der Waals surface area (Å²) in [6, 6.07) is 102. The molecule has 350 valence electrons. The average Bonchev–Trinajstić information content (AvgIpc) is 4.04. The van der Waals surface area contributed by atoms with Gasteiger partial charge in [0.15, 0.2) is 0 Å². The highest BCUT2D eigenvalue weighted by Gasteiger charge is 2.21. The smallest absolute Gasteiger partial charge is 0.143 e. The van der Waals surface area contributed by atoms with Gasteiger partial charge in [0.1, 0.15) is 11.2 Å². The number of hydrogen-bond acceptors (Lipinski definition) is 2. The van der Waals surface area contributed by atoms with E-state index in [1.807, 2.05) is 0 Å². The van der Waals surface area contributed by atoms with E-state index < -0.39 is 0 Å². The number of benzene rings is 13. The molecule has 0 fully saturated rings. The molecule has 0 spiro atoms. The molecule has 3 heteroatoms. The zero-order chi connectivity index (χ0) is 49.4. The van der Waals surface area contributed by atoms with Crippen molar-refractivity contribution >= 4 is 93.1 Å². The highest BCUT2D eigenvalue weighted by molar-refractivity contribution is 6.16. The van der Waals surface area contributed by atoms with E-state index in [1.54, 1.807) is 0 Å². The largest absolute Gasteiger partial charge is 0.455 e. The predicted octanol–water partition coefficient (Wildman–Crippen LogP) is 20.3. The van der Waals surface area contributed by atoms with Crippen molar-refractivity contribution in [1.82, 2.24) is 4.57 Å². The lowest BCUT2D eigenvalue weighted by Gasteiger charge is -2.29. The van der Waals surface area contributed by atoms with Crippen LogP contribution < -0.4 is 4.90 Å². The van der Waals surface area contributed by atoms with E-state index in [1.165, 1.54) is 54.3 Å². The Kier molecular flexibility index (Phi) is 9.89. The fourth-order valence-electron chi connectivity index (χ4n) is 11.7. The summed E-state index contributed by atoms with van der Waals surface area (Å²) in [6.45, 7) is 0. The molecular weight excluding hydrogens is 909 g/mol. The monoisotopic (exact) mass is 954 g/mol. The van der Waals surface area contributed by atoms with Crippen LogP contribution in [-0.4, -0.2) is 4.57 Å². The molecule has 2 heterocycles. The number of anilines is 3. The third kappa shape index (κ3) is 7.20. The van der Waals surface area contributed by atoms with Gasteiger partial charge < -0.3 is 13.9 Å². The third-order valence-electron chi connectivity index (χ3n) is 15.3. The molecule has 3 nitrogen and oxygen atoms in total. The van der Waals surface area contributed by atoms with Gasteiger partial charge in [0.2, 0.25) is 0 Å². The first-order valence-corrected chi connectivity index (χ1v) is 25.7. The maximum atomic E-state index is 6.56. The van der Waals surface area contributed by atoms with Crippen LogP contribution in [0.4, 0.5) is 17.1 Å². The summed E-state index contributed by atoms with van der Waals surface area (Å²) in [5, 5.41) is 12.0. The van der Waals surface area contributed by atoms with Crippen LogP contribution in [0.3, 0.4) is 0 Å². The second kappa shape index (κ2) is 17.4. The van der Waals surface area contributed by atoms with Crippen LogP contribution in [0.1, 0.15) is 0 Å². The van der Waals surface area contributed by atoms with E-state index in [0.29, 0.717) is 0 Å². The van der Waals surface area contributed by atoms with Gasteiger partial charge in [-0.3, -0.25) is 0 Å². The topological polar surface area (TPSA) is 21.3 Å². The number of nitrogens with zero attached hydrogens (tertiary/aromatic N) is 2. The fourth-order valence-corrected chi connectivity index (χ4v) is 11.7. The van der Waals surface area contributed by atoms with Crippen LogP contribution in [0, 0.1) is 0 Å². The predicted molar refractivity (Wildman–Crippen MR) is 317 cm³/mol. The number of aromatic nitrogens is 1. The first-order valence-electron chi connectivity index (χ1n) is 25.7. The van der Waals surface area contributed by atoms with Crippen molar-refractivity contribution in [3.05, 3.63) is 279 Å². The van der Waals surface area contributed by atoms with Crippen LogP contribution in [0.5, 0.6) is 0 Å². The first kappa shape index (κ1) is 42.7. The SMILES string of the molecule is c1ccc(-c2cc(-c3ccc4ccc5ccccc5c4c3)ccc2N(c2ccc(-c3cccc(-n4c5ccccc5c5ccccc54)c3)cc2)c2cccc(-c3ccc4oc5c6ccccc6ccc5c4c3)c2)cc1. The number of fused-ring (bicyclic) bond motifs is 11. The lowest BCUT2D eigenvalue weighted by molar-refractivity contribution is 0.672. The Morgan fingerprint density at radius 3 is 1.59 bits per heavy atom. The summed E-state index contributed by atoms with van der Waals surface area (Å²) in [4.78, 5) is 2.43. The van der Waals surface area contributed by atoms with Crippen LogP contribution in [-0.2, 0) is 0 Å². The van der Waals surface area contributed by atoms with Crippen LogP contribution in [0.15, 0.2) is 283 Å². The maximum Gasteiger partial charge on any atom is 0.143 e. The van der Waals surface area contributed by atoms with Crippen molar-refractivity contribution in [2.75, 3.05) is 4.90 Å². The molecule has 0 aliphatic rings. The van der Waals surface area contributed by atoms with Crippen LogP contribution >= 0.6 is 0 Å². The summed E-state index contributed by atoms with van der Waals surface area (Å²) in [6.07, 6.45) is 0. The summed E-state index contributed by atoms with van der Waals surface area (Å²) in [5.74, 6) is 0. The molecule has 0 saturated carbocycles. The number of hydrogen-bond donors (Lipinski definition) is 0. The molecule has 0 bridgehead atoms. The Balaban J connectivity index is 0.883. The van der Waals surface area contributed by atoms with Gasteiger partial charge in [-0.25, -0.2) is 0 Å². The summed E-state index contributed by atoms with van der Waals surface area (Å²) in [7, 11) is 0. The molecule has 0 N–H and O–H groups in total. The van der Waals surface area contributed by atoms with Crippen LogP contribution in [0.2, 0.25) is 0 Å². The van der Waals surface area contributed by atoms with Crippen molar-refractivity contribution in [3.63, 3.8) is 0 Å². The van der Waals surface area contributed by atoms with Crippen molar-refractivity contribution < 1.29 is 4.42 Å². The Morgan fingerprint density at radius 1 is 0.280 bits per heavy atom. The molecule has 2 aromatic heterocycles. The quantitative estimate of drug-likeness (QED) is 0.142. The molecule has 75 heavy (non-hydrogen) atoms. The van der Waals surface area contributed by atoms with E-state index in [-0.39, 0.29) is 0 Å². The normalized spacial score (nSPS) is 11.7. The Hall–Kier alpha value is -9.96. The third-order valence-corrected chi connectivity index (χ3v) is 15.3. The summed E-state index contributed by atoms with van der Waals surface area (Å²) < 4.78 is 8.95. The molecule has 15 rings (SSSR count). The van der Waals surface area contributed by atoms with Crippen molar-refractivity contribution in [2.45, 2.75) is 0 Å². The Labute approximate surface area is 434 Å². The van der Waals surface area contributed by atoms with Crippen molar-refractivity contribution in [1.29, 1.82) is 0 Å². The minimum atomic E-state index is 0.885. The van der Waals surface area contributed by atoms with Gasteiger partial charge in [0, 0.05) is 49.6 Å². The van der Waals surface area contributed by atoms with E-state index in [4.69, 9.17) is 4.42 Å². The minimum absolute atomic E-state index is 0.885. The fraction of sp³-hybridized carbons (Fsp3) is 0. The highest BCUT2D eigenvalue weighted by atomic mass is 16.3. The summed E-state index contributed by atoms with van der Waals surface area (Å²) >= 11 is 0. The molecule has 0 aliphatic carbocycles. The molecule has 13 aromatic carbocycles. The second-order valence-electron chi connectivity index (χ2n) is 19.6. The van der Waals surface area contributed by atoms with E-state index >= 15 is 0 Å². The first-order chi connectivity index (χ1) is 37.2. The van der Waals surface area contributed by atoms with Gasteiger partial charge >= 0.3 is 0 Å². The molecule has 0 aliphatic heterocycles. The van der Waals surface area contributed by atoms with Gasteiger partial charge in [0.05, 0.1) is 16.7 Å². The highest BCUT2D eigenvalue weighted by Crippen LogP contribution is 2.45. The Bertz CT molecular complexity index is 4660. The lowest BCUT2D eigenvalue weighted by atomic mass is 9.93. The second-order valence-corrected chi connectivity index (χ2v) is 19.6. The minimum Gasteiger partial charge on any atom is -0.455 e. The molecule has 0 radical (unpaired) electrons. The molecular formula is C72H46N2O. The van der Waals surface area contributed by atoms with Gasteiger partial charge in [-0.1, -0.05) is 194 Å². The van der Waals surface area contributed by atoms with Gasteiger partial charge in [-0.2, -0.15) is 0 Å². The number of para-hydroxylation sites is 2. The van der Waals surface area contributed by atoms with Gasteiger partial charge in [0.25, 0.3) is 0 Å². The van der Waals surface area contributed by atoms with Gasteiger partial charge in [-0.15, -0.1) is 0 Å². The molecule has 0 unspecified atom stereocenters. The van der Waals surface area contributed by atoms with E-state index in [0.717, 1.165) is 89.0 Å². The maximum absolute atomic E-state index is 6.56. The Morgan fingerprint density at radius 2 is 0.813 bits per heavy atom. The standard InChI is InChI=1S/C72H46N2O/c1-2-14-48(15-3-1)66-45-55(54-31-30-51-29-28-49-16-4-6-22-60(49)65(51)44-54)35-40-70(66)73(58-20-13-19-53(43-58)56-36-41-71-67(46-56)64-39-34-50-17-5-7-23-61(50)72(64)75-71)57-37-32-47(33-38-57)52-18-12-21-59(42-52)74-68-26-10-8-24-62(68)63-25-9-11-27-69(63)74/h1-46H.